The van der Waals surface area contributed by atoms with Crippen molar-refractivity contribution in [3.8, 4) is 0 Å². The van der Waals surface area contributed by atoms with E-state index in [4.69, 9.17) is 0 Å². The van der Waals surface area contributed by atoms with Crippen molar-refractivity contribution in [1.82, 2.24) is 10.2 Å². The van der Waals surface area contributed by atoms with Crippen molar-refractivity contribution >= 4 is 17.4 Å². The summed E-state index contributed by atoms with van der Waals surface area (Å²) in [5.41, 5.74) is 0. The van der Waals surface area contributed by atoms with Gasteiger partial charge in [0.05, 0.1) is 6.04 Å². The van der Waals surface area contributed by atoms with E-state index in [-0.39, 0.29) is 6.03 Å². The lowest BCUT2D eigenvalue weighted by atomic mass is 10.1. The van der Waals surface area contributed by atoms with Gasteiger partial charge in [-0.1, -0.05) is 19.9 Å². The zero-order valence-corrected chi connectivity index (χ0v) is 12.0. The number of rotatable bonds is 4. The van der Waals surface area contributed by atoms with Gasteiger partial charge in [-0.3, -0.25) is 0 Å². The fraction of sp³-hybridized carbons (Fsp3) is 0.643. The Morgan fingerprint density at radius 3 is 3.11 bits per heavy atom. The second kappa shape index (κ2) is 6.23. The van der Waals surface area contributed by atoms with Gasteiger partial charge < -0.3 is 10.2 Å². The molecule has 1 aliphatic rings. The van der Waals surface area contributed by atoms with Crippen molar-refractivity contribution in [3.05, 3.63) is 22.4 Å². The van der Waals surface area contributed by atoms with E-state index < -0.39 is 0 Å². The molecule has 1 atom stereocenters. The number of likely N-dealkylation sites (tertiary alicyclic amines) is 1. The smallest absolute Gasteiger partial charge is 0.317 e. The molecule has 0 radical (unpaired) electrons. The largest absolute Gasteiger partial charge is 0.338 e. The minimum atomic E-state index is 0.103. The molecular weight excluding hydrogens is 244 g/mol. The van der Waals surface area contributed by atoms with Crippen LogP contribution in [0.1, 0.15) is 44.0 Å². The number of carbonyl (C=O) groups excluding carboxylic acids is 1. The molecule has 4 heteroatoms. The number of amides is 2. The summed E-state index contributed by atoms with van der Waals surface area (Å²) in [5, 5.41) is 5.13. The van der Waals surface area contributed by atoms with Crippen molar-refractivity contribution in [2.75, 3.05) is 13.1 Å². The van der Waals surface area contributed by atoms with Crippen LogP contribution in [0.25, 0.3) is 0 Å². The van der Waals surface area contributed by atoms with Gasteiger partial charge in [0.15, 0.2) is 0 Å². The van der Waals surface area contributed by atoms with Gasteiger partial charge in [-0.15, -0.1) is 11.3 Å². The third-order valence-corrected chi connectivity index (χ3v) is 4.36. The monoisotopic (exact) mass is 266 g/mol. The van der Waals surface area contributed by atoms with E-state index in [0.717, 1.165) is 32.4 Å². The van der Waals surface area contributed by atoms with Gasteiger partial charge >= 0.3 is 6.03 Å². The van der Waals surface area contributed by atoms with E-state index in [1.165, 1.54) is 4.88 Å². The lowest BCUT2D eigenvalue weighted by Crippen LogP contribution is -2.39. The van der Waals surface area contributed by atoms with Crippen LogP contribution in [0.5, 0.6) is 0 Å². The van der Waals surface area contributed by atoms with Gasteiger partial charge in [0.1, 0.15) is 0 Å². The highest BCUT2D eigenvalue weighted by Crippen LogP contribution is 2.34. The predicted octanol–water partition coefficient (Wildman–Crippen LogP) is 3.64. The number of hydrogen-bond acceptors (Lipinski definition) is 2. The first-order valence-corrected chi connectivity index (χ1v) is 7.64. The van der Waals surface area contributed by atoms with Crippen LogP contribution >= 0.6 is 11.3 Å². The van der Waals surface area contributed by atoms with Crippen LogP contribution in [0.15, 0.2) is 17.5 Å². The van der Waals surface area contributed by atoms with E-state index in [0.29, 0.717) is 12.0 Å². The van der Waals surface area contributed by atoms with Crippen LogP contribution < -0.4 is 5.32 Å². The highest BCUT2D eigenvalue weighted by molar-refractivity contribution is 7.10. The summed E-state index contributed by atoms with van der Waals surface area (Å²) in [5.74, 6) is 0.636. The molecule has 18 heavy (non-hydrogen) atoms. The summed E-state index contributed by atoms with van der Waals surface area (Å²) in [7, 11) is 0. The molecule has 100 valence electrons. The predicted molar refractivity (Wildman–Crippen MR) is 75.9 cm³/mol. The van der Waals surface area contributed by atoms with Crippen LogP contribution in [0.2, 0.25) is 0 Å². The molecule has 0 aromatic carbocycles. The van der Waals surface area contributed by atoms with E-state index >= 15 is 0 Å². The second-order valence-electron chi connectivity index (χ2n) is 5.28. The average molecular weight is 266 g/mol. The van der Waals surface area contributed by atoms with Crippen LogP contribution in [-0.2, 0) is 0 Å². The molecule has 2 heterocycles. The molecule has 1 aliphatic heterocycles. The summed E-state index contributed by atoms with van der Waals surface area (Å²) in [6, 6.07) is 4.60. The zero-order valence-electron chi connectivity index (χ0n) is 11.2. The van der Waals surface area contributed by atoms with E-state index in [9.17, 15) is 4.79 Å². The molecule has 3 nitrogen and oxygen atoms in total. The van der Waals surface area contributed by atoms with Crippen molar-refractivity contribution < 1.29 is 4.79 Å². The first-order valence-electron chi connectivity index (χ1n) is 6.76. The van der Waals surface area contributed by atoms with Crippen molar-refractivity contribution in [2.45, 2.75) is 39.2 Å². The minimum Gasteiger partial charge on any atom is -0.338 e. The molecule has 1 N–H and O–H groups in total. The molecule has 2 amide bonds. The molecule has 2 rings (SSSR count). The number of thiophene rings is 1. The van der Waals surface area contributed by atoms with Crippen LogP contribution in [0.3, 0.4) is 0 Å². The number of hydrogen-bond donors (Lipinski definition) is 1. The Kier molecular flexibility index (Phi) is 4.64. The molecule has 0 unspecified atom stereocenters. The normalized spacial score (nSPS) is 19.5. The summed E-state index contributed by atoms with van der Waals surface area (Å²) in [4.78, 5) is 15.5. The van der Waals surface area contributed by atoms with Crippen LogP contribution in [-0.4, -0.2) is 24.0 Å². The first kappa shape index (κ1) is 13.4. The Morgan fingerprint density at radius 2 is 2.44 bits per heavy atom. The minimum absolute atomic E-state index is 0.103. The lowest BCUT2D eigenvalue weighted by Gasteiger charge is -2.24. The van der Waals surface area contributed by atoms with E-state index in [1.54, 1.807) is 11.3 Å². The van der Waals surface area contributed by atoms with Crippen molar-refractivity contribution in [1.29, 1.82) is 0 Å². The molecule has 1 fully saturated rings. The summed E-state index contributed by atoms with van der Waals surface area (Å²) < 4.78 is 0. The van der Waals surface area contributed by atoms with Gasteiger partial charge in [0, 0.05) is 18.0 Å². The quantitative estimate of drug-likeness (QED) is 0.886. The summed E-state index contributed by atoms with van der Waals surface area (Å²) in [6.07, 6.45) is 3.25. The summed E-state index contributed by atoms with van der Waals surface area (Å²) >= 11 is 1.75. The van der Waals surface area contributed by atoms with Gasteiger partial charge in [-0.05, 0) is 36.6 Å². The third kappa shape index (κ3) is 3.25. The SMILES string of the molecule is CC(C)CCNC(=O)N1CCC[C@@H]1c1cccs1. The van der Waals surface area contributed by atoms with Gasteiger partial charge in [-0.2, -0.15) is 0 Å². The third-order valence-electron chi connectivity index (χ3n) is 3.38. The van der Waals surface area contributed by atoms with Crippen LogP contribution in [0.4, 0.5) is 4.79 Å². The first-order chi connectivity index (χ1) is 8.68. The Labute approximate surface area is 113 Å². The second-order valence-corrected chi connectivity index (χ2v) is 6.26. The fourth-order valence-electron chi connectivity index (χ4n) is 2.36. The van der Waals surface area contributed by atoms with Crippen molar-refractivity contribution in [2.24, 2.45) is 5.92 Å². The number of nitrogens with one attached hydrogen (secondary N) is 1. The molecule has 0 saturated carbocycles. The Morgan fingerprint density at radius 1 is 1.61 bits per heavy atom. The van der Waals surface area contributed by atoms with Gasteiger partial charge in [0.2, 0.25) is 0 Å². The van der Waals surface area contributed by atoms with Crippen LogP contribution in [0, 0.1) is 5.92 Å². The Hall–Kier alpha value is -1.03. The molecule has 0 bridgehead atoms. The number of nitrogens with zero attached hydrogens (tertiary/aromatic N) is 1. The number of carbonyl (C=O) groups is 1. The summed E-state index contributed by atoms with van der Waals surface area (Å²) in [6.45, 7) is 6.02. The molecule has 1 aromatic rings. The maximum atomic E-state index is 12.2. The zero-order chi connectivity index (χ0) is 13.0. The standard InChI is InChI=1S/C14H22N2OS/c1-11(2)7-8-15-14(17)16-9-3-5-12(16)13-6-4-10-18-13/h4,6,10-12H,3,5,7-9H2,1-2H3,(H,15,17)/t12-/m1/s1. The van der Waals surface area contributed by atoms with E-state index in [2.05, 4.69) is 36.7 Å². The molecule has 1 aromatic heterocycles. The topological polar surface area (TPSA) is 32.3 Å². The fourth-order valence-corrected chi connectivity index (χ4v) is 3.23. The molecule has 0 spiro atoms. The Balaban J connectivity index is 1.89. The number of urea groups is 1. The highest BCUT2D eigenvalue weighted by Gasteiger charge is 2.30. The van der Waals surface area contributed by atoms with Gasteiger partial charge in [-0.25, -0.2) is 4.79 Å². The maximum Gasteiger partial charge on any atom is 0.317 e. The Bertz CT molecular complexity index is 375. The van der Waals surface area contributed by atoms with Crippen molar-refractivity contribution in [3.63, 3.8) is 0 Å². The molecule has 0 aliphatic carbocycles. The van der Waals surface area contributed by atoms with E-state index in [1.807, 2.05) is 4.90 Å². The molecular formula is C14H22N2OS. The van der Waals surface area contributed by atoms with Gasteiger partial charge in [0.25, 0.3) is 0 Å². The average Bonchev–Trinajstić information content (AvgIpc) is 2.99. The maximum absolute atomic E-state index is 12.2. The molecule has 1 saturated heterocycles. The highest BCUT2D eigenvalue weighted by atomic mass is 32.1. The lowest BCUT2D eigenvalue weighted by molar-refractivity contribution is 0.193.